The third-order valence-corrected chi connectivity index (χ3v) is 2.97. The van der Waals surface area contributed by atoms with Gasteiger partial charge in [-0.25, -0.2) is 0 Å². The summed E-state index contributed by atoms with van der Waals surface area (Å²) in [6.45, 7) is 0. The summed E-state index contributed by atoms with van der Waals surface area (Å²) in [6.07, 6.45) is -4.37. The number of anilines is 1. The molecule has 2 rings (SSSR count). The molecule has 0 bridgehead atoms. The summed E-state index contributed by atoms with van der Waals surface area (Å²) in [7, 11) is 0. The Morgan fingerprint density at radius 1 is 1.09 bits per heavy atom. The van der Waals surface area contributed by atoms with Gasteiger partial charge in [0.2, 0.25) is 0 Å². The number of halogens is 3. The Labute approximate surface area is 125 Å². The molecule has 0 heterocycles. The average molecular weight is 304 g/mol. The van der Waals surface area contributed by atoms with E-state index in [4.69, 9.17) is 5.26 Å². The van der Waals surface area contributed by atoms with Crippen LogP contribution in [0.4, 0.5) is 18.9 Å². The topological polar surface area (TPSA) is 52.9 Å². The summed E-state index contributed by atoms with van der Waals surface area (Å²) in [6, 6.07) is 12.9. The van der Waals surface area contributed by atoms with E-state index in [2.05, 4.69) is 5.32 Å². The fourth-order valence-corrected chi connectivity index (χ4v) is 1.92. The average Bonchev–Trinajstić information content (AvgIpc) is 2.48. The van der Waals surface area contributed by atoms with Gasteiger partial charge in [0.25, 0.3) is 5.91 Å². The van der Waals surface area contributed by atoms with Crippen LogP contribution in [-0.2, 0) is 12.6 Å². The first-order valence-electron chi connectivity index (χ1n) is 6.35. The minimum absolute atomic E-state index is 0.227. The van der Waals surface area contributed by atoms with Crippen LogP contribution in [0.2, 0.25) is 0 Å². The molecule has 3 nitrogen and oxygen atoms in total. The highest BCUT2D eigenvalue weighted by Crippen LogP contribution is 2.32. The summed E-state index contributed by atoms with van der Waals surface area (Å²) in [5.74, 6) is -0.832. The van der Waals surface area contributed by atoms with Gasteiger partial charge in [-0.2, -0.15) is 18.4 Å². The number of nitriles is 1. The number of nitrogens with zero attached hydrogens (tertiary/aromatic N) is 1. The van der Waals surface area contributed by atoms with Gasteiger partial charge in [-0.3, -0.25) is 4.79 Å². The highest BCUT2D eigenvalue weighted by atomic mass is 19.4. The molecule has 0 saturated heterocycles. The molecule has 0 radical (unpaired) electrons. The lowest BCUT2D eigenvalue weighted by atomic mass is 10.1. The van der Waals surface area contributed by atoms with E-state index in [-0.39, 0.29) is 6.42 Å². The van der Waals surface area contributed by atoms with Crippen molar-refractivity contribution in [1.29, 1.82) is 5.26 Å². The zero-order valence-corrected chi connectivity index (χ0v) is 11.3. The van der Waals surface area contributed by atoms with Gasteiger partial charge >= 0.3 is 6.18 Å². The minimum Gasteiger partial charge on any atom is -0.322 e. The monoisotopic (exact) mass is 304 g/mol. The lowest BCUT2D eigenvalue weighted by molar-refractivity contribution is -0.137. The van der Waals surface area contributed by atoms with Crippen LogP contribution >= 0.6 is 0 Å². The molecule has 6 heteroatoms. The van der Waals surface area contributed by atoms with Crippen molar-refractivity contribution in [2.24, 2.45) is 0 Å². The summed E-state index contributed by atoms with van der Waals surface area (Å²) in [4.78, 5) is 12.0. The molecule has 1 N–H and O–H groups in total. The number of carbonyl (C=O) groups excluding carboxylic acids is 1. The van der Waals surface area contributed by atoms with Gasteiger partial charge in [0.15, 0.2) is 0 Å². The molecule has 0 aliphatic rings. The van der Waals surface area contributed by atoms with Gasteiger partial charge in [-0.15, -0.1) is 0 Å². The van der Waals surface area contributed by atoms with Crippen molar-refractivity contribution in [2.45, 2.75) is 12.6 Å². The molecule has 0 atom stereocenters. The minimum atomic E-state index is -4.59. The van der Waals surface area contributed by atoms with Crippen LogP contribution in [0.1, 0.15) is 21.5 Å². The van der Waals surface area contributed by atoms with Crippen LogP contribution in [-0.4, -0.2) is 5.91 Å². The van der Waals surface area contributed by atoms with Crippen LogP contribution in [0.3, 0.4) is 0 Å². The fourth-order valence-electron chi connectivity index (χ4n) is 1.92. The number of hydrogen-bond acceptors (Lipinski definition) is 2. The van der Waals surface area contributed by atoms with Crippen LogP contribution in [0.15, 0.2) is 48.5 Å². The summed E-state index contributed by atoms with van der Waals surface area (Å²) >= 11 is 0. The first kappa shape index (κ1) is 15.6. The fraction of sp³-hybridized carbons (Fsp3) is 0.125. The molecule has 0 aliphatic carbocycles. The maximum Gasteiger partial charge on any atom is 0.417 e. The van der Waals surface area contributed by atoms with Gasteiger partial charge in [0.1, 0.15) is 0 Å². The van der Waals surface area contributed by atoms with Crippen molar-refractivity contribution >= 4 is 11.6 Å². The lowest BCUT2D eigenvalue weighted by Gasteiger charge is -2.12. The van der Waals surface area contributed by atoms with Crippen LogP contribution < -0.4 is 5.32 Å². The number of nitrogens with one attached hydrogen (secondary N) is 1. The normalized spacial score (nSPS) is 10.8. The molecule has 112 valence electrons. The standard InChI is InChI=1S/C16H11F3N2O/c17-16(18,19)14-4-2-1-3-13(14)15(22)21-12-7-5-11(6-8-12)9-10-20/h1-8H,9H2,(H,21,22). The largest absolute Gasteiger partial charge is 0.417 e. The number of hydrogen-bond donors (Lipinski definition) is 1. The van der Waals surface area contributed by atoms with Gasteiger partial charge in [-0.1, -0.05) is 24.3 Å². The molecule has 0 aromatic heterocycles. The Morgan fingerprint density at radius 2 is 1.73 bits per heavy atom. The second kappa shape index (κ2) is 6.31. The molecule has 0 fully saturated rings. The van der Waals surface area contributed by atoms with Crippen molar-refractivity contribution in [1.82, 2.24) is 0 Å². The number of amides is 1. The molecule has 2 aromatic carbocycles. The third-order valence-electron chi connectivity index (χ3n) is 2.97. The second-order valence-electron chi connectivity index (χ2n) is 4.53. The van der Waals surface area contributed by atoms with Crippen LogP contribution in [0, 0.1) is 11.3 Å². The summed E-state index contributed by atoms with van der Waals surface area (Å²) < 4.78 is 38.6. The molecule has 0 saturated carbocycles. The van der Waals surface area contributed by atoms with E-state index in [0.717, 1.165) is 17.7 Å². The summed E-state index contributed by atoms with van der Waals surface area (Å²) in [5, 5.41) is 11.0. The number of carbonyl (C=O) groups is 1. The Kier molecular flexibility index (Phi) is 4.47. The van der Waals surface area contributed by atoms with Gasteiger partial charge < -0.3 is 5.32 Å². The van der Waals surface area contributed by atoms with E-state index < -0.39 is 23.2 Å². The quantitative estimate of drug-likeness (QED) is 0.931. The van der Waals surface area contributed by atoms with Crippen molar-refractivity contribution in [3.05, 3.63) is 65.2 Å². The van der Waals surface area contributed by atoms with E-state index in [1.54, 1.807) is 24.3 Å². The van der Waals surface area contributed by atoms with Crippen molar-refractivity contribution < 1.29 is 18.0 Å². The predicted molar refractivity (Wildman–Crippen MR) is 75.2 cm³/mol. The van der Waals surface area contributed by atoms with E-state index >= 15 is 0 Å². The molecule has 0 aliphatic heterocycles. The Morgan fingerprint density at radius 3 is 2.32 bits per heavy atom. The molecular formula is C16H11F3N2O. The van der Waals surface area contributed by atoms with E-state index in [9.17, 15) is 18.0 Å². The third kappa shape index (κ3) is 3.64. The Hall–Kier alpha value is -2.81. The highest BCUT2D eigenvalue weighted by Gasteiger charge is 2.34. The zero-order valence-electron chi connectivity index (χ0n) is 11.3. The highest BCUT2D eigenvalue weighted by molar-refractivity contribution is 6.05. The maximum atomic E-state index is 12.9. The van der Waals surface area contributed by atoms with Gasteiger partial charge in [0, 0.05) is 5.69 Å². The molecule has 2 aromatic rings. The van der Waals surface area contributed by atoms with Crippen molar-refractivity contribution in [3.8, 4) is 6.07 Å². The predicted octanol–water partition coefficient (Wildman–Crippen LogP) is 4.02. The van der Waals surface area contributed by atoms with Crippen molar-refractivity contribution in [2.75, 3.05) is 5.32 Å². The number of alkyl halides is 3. The first-order valence-corrected chi connectivity index (χ1v) is 6.35. The molecular weight excluding hydrogens is 293 g/mol. The van der Waals surface area contributed by atoms with E-state index in [0.29, 0.717) is 5.69 Å². The van der Waals surface area contributed by atoms with Gasteiger partial charge in [-0.05, 0) is 29.8 Å². The smallest absolute Gasteiger partial charge is 0.322 e. The maximum absolute atomic E-state index is 12.9. The lowest BCUT2D eigenvalue weighted by Crippen LogP contribution is -2.18. The SMILES string of the molecule is N#CCc1ccc(NC(=O)c2ccccc2C(F)(F)F)cc1. The van der Waals surface area contributed by atoms with Crippen LogP contribution in [0.5, 0.6) is 0 Å². The van der Waals surface area contributed by atoms with Crippen LogP contribution in [0.25, 0.3) is 0 Å². The molecule has 0 spiro atoms. The first-order chi connectivity index (χ1) is 10.4. The Bertz CT molecular complexity index is 715. The second-order valence-corrected chi connectivity index (χ2v) is 4.53. The number of benzene rings is 2. The molecule has 1 amide bonds. The Balaban J connectivity index is 2.21. The summed E-state index contributed by atoms with van der Waals surface area (Å²) in [5.41, 5.74) is -0.287. The van der Waals surface area contributed by atoms with E-state index in [1.165, 1.54) is 12.1 Å². The zero-order chi connectivity index (χ0) is 16.2. The molecule has 22 heavy (non-hydrogen) atoms. The van der Waals surface area contributed by atoms with E-state index in [1.807, 2.05) is 6.07 Å². The van der Waals surface area contributed by atoms with Crippen molar-refractivity contribution in [3.63, 3.8) is 0 Å². The number of rotatable bonds is 3. The van der Waals surface area contributed by atoms with Gasteiger partial charge in [0.05, 0.1) is 23.6 Å². The molecule has 0 unspecified atom stereocenters.